The van der Waals surface area contributed by atoms with Crippen molar-refractivity contribution in [3.8, 4) is 0 Å². The number of aromatic amines is 1. The Bertz CT molecular complexity index is 1690. The van der Waals surface area contributed by atoms with E-state index in [4.69, 9.17) is 11.6 Å². The second-order valence-electron chi connectivity index (χ2n) is 12.8. The lowest BCUT2D eigenvalue weighted by atomic mass is 9.91. The average molecular weight is 655 g/mol. The average Bonchev–Trinajstić information content (AvgIpc) is 3.61. The Morgan fingerprint density at radius 2 is 1.77 bits per heavy atom. The van der Waals surface area contributed by atoms with Crippen molar-refractivity contribution >= 4 is 40.5 Å². The van der Waals surface area contributed by atoms with Crippen molar-refractivity contribution in [1.82, 2.24) is 25.0 Å². The van der Waals surface area contributed by atoms with Crippen molar-refractivity contribution in [2.24, 2.45) is 5.92 Å². The number of benzene rings is 3. The Kier molecular flexibility index (Phi) is 10.4. The van der Waals surface area contributed by atoms with Crippen molar-refractivity contribution in [1.29, 1.82) is 0 Å². The van der Waals surface area contributed by atoms with Crippen LogP contribution in [0.2, 0.25) is 5.02 Å². The molecule has 0 bridgehead atoms. The van der Waals surface area contributed by atoms with Crippen molar-refractivity contribution in [2.45, 2.75) is 50.6 Å². The Labute approximate surface area is 280 Å². The number of fused-ring (bicyclic) bond motifs is 1. The molecule has 1 unspecified atom stereocenters. The number of carboxylic acid groups (broad SMARTS) is 1. The number of hydrogen-bond acceptors (Lipinski definition) is 5. The highest BCUT2D eigenvalue weighted by Gasteiger charge is 2.39. The number of aromatic nitrogens is 1. The molecule has 0 spiro atoms. The summed E-state index contributed by atoms with van der Waals surface area (Å²) in [5, 5.41) is 16.4. The molecule has 1 aromatic heterocycles. The number of imide groups is 1. The zero-order valence-electron chi connectivity index (χ0n) is 26.4. The summed E-state index contributed by atoms with van der Waals surface area (Å²) < 4.78 is 0. The Morgan fingerprint density at radius 1 is 1.00 bits per heavy atom. The Balaban J connectivity index is 1.03. The monoisotopic (exact) mass is 654 g/mol. The van der Waals surface area contributed by atoms with Gasteiger partial charge in [0.2, 0.25) is 0 Å². The van der Waals surface area contributed by atoms with E-state index < -0.39 is 12.1 Å². The molecule has 2 N–H and O–H groups in total. The zero-order valence-corrected chi connectivity index (χ0v) is 27.2. The number of H-pyrrole nitrogens is 1. The number of nitrogens with zero attached hydrogens (tertiary/aromatic N) is 3. The second-order valence-corrected chi connectivity index (χ2v) is 13.2. The van der Waals surface area contributed by atoms with Crippen molar-refractivity contribution in [3.05, 3.63) is 107 Å². The van der Waals surface area contributed by atoms with E-state index >= 15 is 0 Å². The number of amides is 4. The maximum absolute atomic E-state index is 13.6. The second kappa shape index (κ2) is 15.0. The van der Waals surface area contributed by atoms with Crippen molar-refractivity contribution < 1.29 is 19.5 Å². The fraction of sp³-hybridized carbons (Fsp3) is 0.378. The summed E-state index contributed by atoms with van der Waals surface area (Å²) in [4.78, 5) is 46.9. The van der Waals surface area contributed by atoms with E-state index in [2.05, 4.69) is 15.2 Å². The van der Waals surface area contributed by atoms with Crippen LogP contribution in [0.3, 0.4) is 0 Å². The van der Waals surface area contributed by atoms with Gasteiger partial charge < -0.3 is 30.0 Å². The van der Waals surface area contributed by atoms with Crippen LogP contribution in [-0.2, 0) is 17.8 Å². The summed E-state index contributed by atoms with van der Waals surface area (Å²) in [6.07, 6.45) is 4.78. The molecule has 0 saturated carbocycles. The smallest absolute Gasteiger partial charge is 0.324 e. The molecule has 9 nitrogen and oxygen atoms in total. The highest BCUT2D eigenvalue weighted by molar-refractivity contribution is 6.30. The first-order valence-corrected chi connectivity index (χ1v) is 16.9. The molecule has 0 aliphatic carbocycles. The summed E-state index contributed by atoms with van der Waals surface area (Å²) in [6, 6.07) is 24.3. The lowest BCUT2D eigenvalue weighted by molar-refractivity contribution is -0.266. The number of hydrogen-bond donors (Lipinski definition) is 2. The molecule has 2 aliphatic heterocycles. The summed E-state index contributed by atoms with van der Waals surface area (Å²) in [6.45, 7) is 3.76. The zero-order chi connectivity index (χ0) is 32.8. The molecule has 2 fully saturated rings. The fourth-order valence-corrected chi connectivity index (χ4v) is 7.17. The fourth-order valence-electron chi connectivity index (χ4n) is 6.97. The van der Waals surface area contributed by atoms with Crippen LogP contribution in [0.5, 0.6) is 0 Å². The van der Waals surface area contributed by atoms with Crippen LogP contribution < -0.4 is 10.4 Å². The number of carbonyl (C=O) groups excluding carboxylic acids is 3. The predicted molar refractivity (Wildman–Crippen MR) is 181 cm³/mol. The van der Waals surface area contributed by atoms with Crippen molar-refractivity contribution in [2.75, 3.05) is 32.7 Å². The summed E-state index contributed by atoms with van der Waals surface area (Å²) in [5.41, 5.74) is 3.97. The van der Waals surface area contributed by atoms with Gasteiger partial charge in [0.15, 0.2) is 0 Å². The first-order chi connectivity index (χ1) is 22.8. The molecule has 2 saturated heterocycles. The van der Waals surface area contributed by atoms with Crippen LogP contribution in [0, 0.1) is 5.92 Å². The summed E-state index contributed by atoms with van der Waals surface area (Å²) in [7, 11) is 0. The van der Waals surface area contributed by atoms with Crippen LogP contribution in [0.15, 0.2) is 85.1 Å². The first-order valence-electron chi connectivity index (χ1n) is 16.5. The number of para-hydroxylation sites is 1. The van der Waals surface area contributed by atoms with E-state index in [0.717, 1.165) is 72.9 Å². The maximum Gasteiger partial charge on any atom is 0.324 e. The van der Waals surface area contributed by atoms with Gasteiger partial charge in [-0.2, -0.15) is 0 Å². The number of carbonyl (C=O) groups is 3. The van der Waals surface area contributed by atoms with Gasteiger partial charge >= 0.3 is 6.03 Å². The van der Waals surface area contributed by atoms with E-state index in [9.17, 15) is 19.5 Å². The van der Waals surface area contributed by atoms with Gasteiger partial charge in [-0.15, -0.1) is 0 Å². The van der Waals surface area contributed by atoms with Gasteiger partial charge in [0.05, 0.1) is 0 Å². The largest absolute Gasteiger partial charge is 0.530 e. The highest BCUT2D eigenvalue weighted by atomic mass is 35.5. The standard InChI is InChI=1S/C37H42ClN5O4/c38-31-10-6-9-28(21-31)29(25-43-35(44)34(40-36(43)45)22-30-23-39-33-12-5-4-11-32(30)33)16-19-41-17-13-26(14-18-41)15-20-42(37(46)47)24-27-7-2-1-3-8-27/h1-12,21,23,26,29,34,39H,13-20,22,24-25H2,(H,40,45)(H,46,47)/p-1/t29?,34-/m0/s1. The number of piperidine rings is 1. The molecule has 2 aliphatic rings. The van der Waals surface area contributed by atoms with Gasteiger partial charge in [0.1, 0.15) is 12.1 Å². The van der Waals surface area contributed by atoms with Gasteiger partial charge in [0.25, 0.3) is 5.91 Å². The van der Waals surface area contributed by atoms with Gasteiger partial charge in [-0.1, -0.05) is 72.3 Å². The minimum Gasteiger partial charge on any atom is -0.530 e. The topological polar surface area (TPSA) is 112 Å². The number of nitrogens with one attached hydrogen (secondary N) is 2. The molecule has 4 amide bonds. The minimum atomic E-state index is -1.13. The first kappa shape index (κ1) is 32.6. The lowest BCUT2D eigenvalue weighted by Gasteiger charge is -2.34. The molecule has 2 atom stereocenters. The number of urea groups is 1. The number of likely N-dealkylation sites (tertiary alicyclic amines) is 1. The third-order valence-corrected chi connectivity index (χ3v) is 9.95. The maximum atomic E-state index is 13.6. The van der Waals surface area contributed by atoms with E-state index in [1.165, 1.54) is 9.80 Å². The quantitative estimate of drug-likeness (QED) is 0.187. The van der Waals surface area contributed by atoms with Crippen LogP contribution in [0.4, 0.5) is 9.59 Å². The molecule has 0 radical (unpaired) electrons. The predicted octanol–water partition coefficient (Wildman–Crippen LogP) is 5.41. The van der Waals surface area contributed by atoms with E-state index in [0.29, 0.717) is 30.5 Å². The van der Waals surface area contributed by atoms with Gasteiger partial charge in [-0.3, -0.25) is 9.69 Å². The molecule has 10 heteroatoms. The molecule has 3 aromatic carbocycles. The van der Waals surface area contributed by atoms with Crippen LogP contribution in [0.1, 0.15) is 48.3 Å². The molecule has 47 heavy (non-hydrogen) atoms. The minimum absolute atomic E-state index is 0.0671. The third kappa shape index (κ3) is 8.15. The van der Waals surface area contributed by atoms with Crippen molar-refractivity contribution in [3.63, 3.8) is 0 Å². The lowest BCUT2D eigenvalue weighted by Crippen LogP contribution is -2.42. The SMILES string of the molecule is O=C([O-])N(CCC1CCN(CCC(CN2C(=O)N[C@@H](Cc3c[nH]c4ccccc34)C2=O)c2cccc(Cl)c2)CC1)Cc1ccccc1. The van der Waals surface area contributed by atoms with E-state index in [-0.39, 0.29) is 24.4 Å². The number of halogens is 1. The van der Waals surface area contributed by atoms with E-state index in [1.807, 2.05) is 85.1 Å². The summed E-state index contributed by atoms with van der Waals surface area (Å²) >= 11 is 6.38. The molecular formula is C37H41ClN5O4-. The molecular weight excluding hydrogens is 614 g/mol. The van der Waals surface area contributed by atoms with E-state index in [1.54, 1.807) is 0 Å². The number of rotatable bonds is 13. The Hall–Kier alpha value is -4.34. The molecule has 246 valence electrons. The van der Waals surface area contributed by atoms with Gasteiger partial charge in [0, 0.05) is 54.1 Å². The van der Waals surface area contributed by atoms with Crippen LogP contribution >= 0.6 is 11.6 Å². The van der Waals surface area contributed by atoms with Crippen LogP contribution in [0.25, 0.3) is 10.9 Å². The van der Waals surface area contributed by atoms with Crippen LogP contribution in [-0.4, -0.2) is 76.5 Å². The molecule has 3 heterocycles. The molecule has 4 aromatic rings. The Morgan fingerprint density at radius 3 is 2.53 bits per heavy atom. The summed E-state index contributed by atoms with van der Waals surface area (Å²) in [5.74, 6) is 0.182. The third-order valence-electron chi connectivity index (χ3n) is 9.71. The van der Waals surface area contributed by atoms with Gasteiger partial charge in [-0.25, -0.2) is 4.79 Å². The molecule has 6 rings (SSSR count). The highest BCUT2D eigenvalue weighted by Crippen LogP contribution is 2.29. The normalized spacial score (nSPS) is 18.1. The van der Waals surface area contributed by atoms with Gasteiger partial charge in [-0.05, 0) is 86.1 Å².